The van der Waals surface area contributed by atoms with E-state index >= 15 is 0 Å². The van der Waals surface area contributed by atoms with Gasteiger partial charge in [-0.25, -0.2) is 5.43 Å². The van der Waals surface area contributed by atoms with E-state index in [0.717, 1.165) is 34.6 Å². The number of carbonyl (C=O) groups is 1. The lowest BCUT2D eigenvalue weighted by Crippen LogP contribution is -2.18. The molecule has 11 heteroatoms. The van der Waals surface area contributed by atoms with Crippen molar-refractivity contribution in [3.8, 4) is 11.5 Å². The van der Waals surface area contributed by atoms with Gasteiger partial charge in [0.15, 0.2) is 0 Å². The smallest absolute Gasteiger partial charge is 0.275 e. The van der Waals surface area contributed by atoms with E-state index < -0.39 is 10.8 Å². The monoisotopic (exact) mass is 735 g/mol. The van der Waals surface area contributed by atoms with Gasteiger partial charge in [0, 0.05) is 16.6 Å². The Kier molecular flexibility index (Phi) is 9.02. The summed E-state index contributed by atoms with van der Waals surface area (Å²) in [7, 11) is 1.38. The molecule has 3 aromatic rings. The van der Waals surface area contributed by atoms with Gasteiger partial charge in [0.05, 0.1) is 31.0 Å². The van der Waals surface area contributed by atoms with Crippen molar-refractivity contribution in [1.29, 1.82) is 0 Å². The zero-order chi connectivity index (χ0) is 24.0. The van der Waals surface area contributed by atoms with Crippen LogP contribution in [0.25, 0.3) is 0 Å². The van der Waals surface area contributed by atoms with Gasteiger partial charge in [0.25, 0.3) is 11.6 Å². The largest absolute Gasteiger partial charge is 0.496 e. The van der Waals surface area contributed by atoms with E-state index in [0.29, 0.717) is 6.61 Å². The number of nitro benzene ring substituents is 1. The number of hydrogen-bond acceptors (Lipinski definition) is 6. The second-order valence-corrected chi connectivity index (χ2v) is 9.81. The minimum Gasteiger partial charge on any atom is -0.496 e. The zero-order valence-corrected chi connectivity index (χ0v) is 23.0. The number of amides is 1. The molecule has 0 atom stereocenters. The van der Waals surface area contributed by atoms with Crippen LogP contribution in [0.5, 0.6) is 11.5 Å². The molecule has 0 aliphatic carbocycles. The van der Waals surface area contributed by atoms with Crippen LogP contribution >= 0.6 is 61.1 Å². The number of nitro groups is 1. The number of ether oxygens (including phenoxy) is 2. The van der Waals surface area contributed by atoms with Gasteiger partial charge in [-0.3, -0.25) is 14.9 Å². The third-order valence-electron chi connectivity index (χ3n) is 4.34. The minimum atomic E-state index is -0.620. The molecule has 0 aliphatic rings. The molecule has 0 aliphatic heterocycles. The Morgan fingerprint density at radius 1 is 1.15 bits per heavy atom. The van der Waals surface area contributed by atoms with Gasteiger partial charge < -0.3 is 9.47 Å². The van der Waals surface area contributed by atoms with E-state index in [1.54, 1.807) is 0 Å². The lowest BCUT2D eigenvalue weighted by molar-refractivity contribution is -0.384. The molecule has 1 amide bonds. The van der Waals surface area contributed by atoms with E-state index in [1.807, 2.05) is 36.4 Å². The van der Waals surface area contributed by atoms with E-state index in [9.17, 15) is 14.9 Å². The van der Waals surface area contributed by atoms with E-state index in [4.69, 9.17) is 9.47 Å². The molecular weight excluding hydrogens is 720 g/mol. The summed E-state index contributed by atoms with van der Waals surface area (Å²) in [6.07, 6.45) is 1.49. The quantitative estimate of drug-likeness (QED) is 0.134. The number of benzene rings is 3. The molecule has 0 fully saturated rings. The van der Waals surface area contributed by atoms with Crippen molar-refractivity contribution >= 4 is 78.9 Å². The Morgan fingerprint density at radius 3 is 2.42 bits per heavy atom. The van der Waals surface area contributed by atoms with Crippen LogP contribution in [0, 0.1) is 17.3 Å². The first-order chi connectivity index (χ1) is 15.8. The number of hydrazone groups is 1. The lowest BCUT2D eigenvalue weighted by atomic mass is 10.1. The fourth-order valence-corrected chi connectivity index (χ4v) is 5.13. The van der Waals surface area contributed by atoms with Gasteiger partial charge in [-0.2, -0.15) is 5.10 Å². The summed E-state index contributed by atoms with van der Waals surface area (Å²) < 4.78 is 13.9. The van der Waals surface area contributed by atoms with Crippen molar-refractivity contribution in [1.82, 2.24) is 5.43 Å². The van der Waals surface area contributed by atoms with Crippen molar-refractivity contribution in [3.05, 3.63) is 93.0 Å². The van der Waals surface area contributed by atoms with Gasteiger partial charge in [0.1, 0.15) is 18.1 Å². The maximum atomic E-state index is 12.5. The highest BCUT2D eigenvalue weighted by molar-refractivity contribution is 14.1. The molecule has 3 aromatic carbocycles. The molecule has 0 unspecified atom stereocenters. The van der Waals surface area contributed by atoms with Crippen molar-refractivity contribution in [2.24, 2.45) is 5.10 Å². The van der Waals surface area contributed by atoms with Crippen molar-refractivity contribution in [2.45, 2.75) is 6.61 Å². The highest BCUT2D eigenvalue weighted by Crippen LogP contribution is 2.29. The number of halogens is 3. The fourth-order valence-electron chi connectivity index (χ4n) is 2.74. The normalized spacial score (nSPS) is 10.8. The van der Waals surface area contributed by atoms with E-state index in [2.05, 4.69) is 71.6 Å². The first kappa shape index (κ1) is 25.4. The van der Waals surface area contributed by atoms with Crippen molar-refractivity contribution < 1.29 is 19.2 Å². The molecule has 0 saturated carbocycles. The molecule has 8 nitrogen and oxygen atoms in total. The first-order valence-electron chi connectivity index (χ1n) is 9.30. The number of hydrogen-bond donors (Lipinski definition) is 1. The van der Waals surface area contributed by atoms with Crippen LogP contribution in [0.2, 0.25) is 0 Å². The Hall–Kier alpha value is -2.26. The highest BCUT2D eigenvalue weighted by atomic mass is 127. The molecule has 1 N–H and O–H groups in total. The molecule has 0 heterocycles. The Morgan fingerprint density at radius 2 is 1.82 bits per heavy atom. The zero-order valence-electron chi connectivity index (χ0n) is 17.1. The summed E-state index contributed by atoms with van der Waals surface area (Å²) in [5, 5.41) is 15.0. The van der Waals surface area contributed by atoms with Crippen LogP contribution in [0.3, 0.4) is 0 Å². The van der Waals surface area contributed by atoms with Crippen molar-refractivity contribution in [3.63, 3.8) is 0 Å². The van der Waals surface area contributed by atoms with Crippen LogP contribution in [0.15, 0.2) is 64.2 Å². The molecule has 0 saturated heterocycles. The predicted octanol–water partition coefficient (Wildman–Crippen LogP) is 5.92. The Labute approximate surface area is 225 Å². The molecule has 0 aromatic heterocycles. The molecule has 0 spiro atoms. The summed E-state index contributed by atoms with van der Waals surface area (Å²) in [6.45, 7) is 0.438. The Balaban J connectivity index is 1.69. The van der Waals surface area contributed by atoms with Crippen LogP contribution in [-0.4, -0.2) is 24.2 Å². The maximum absolute atomic E-state index is 12.5. The number of carbonyl (C=O) groups excluding carboxylic acids is 1. The second-order valence-electron chi connectivity index (χ2n) is 6.57. The standard InChI is InChI=1S/C22H16BrI2N3O5/c1-32-20-7-6-16(28(30)31)10-17(20)22(29)27-26-11-14-8-18(24)21(19(25)9-14)33-12-13-2-4-15(23)5-3-13/h2-11H,12H2,1H3,(H,27,29). The van der Waals surface area contributed by atoms with Crippen molar-refractivity contribution in [2.75, 3.05) is 7.11 Å². The minimum absolute atomic E-state index is 0.0182. The van der Waals surface area contributed by atoms with E-state index in [-0.39, 0.29) is 17.0 Å². The SMILES string of the molecule is COc1ccc([N+](=O)[O-])cc1C(=O)NN=Cc1cc(I)c(OCc2ccc(Br)cc2)c(I)c1. The first-order valence-corrected chi connectivity index (χ1v) is 12.3. The van der Waals surface area contributed by atoms with Crippen LogP contribution in [0.1, 0.15) is 21.5 Å². The summed E-state index contributed by atoms with van der Waals surface area (Å²) in [4.78, 5) is 22.9. The summed E-state index contributed by atoms with van der Waals surface area (Å²) >= 11 is 7.79. The average molecular weight is 736 g/mol. The molecule has 33 heavy (non-hydrogen) atoms. The second kappa shape index (κ2) is 11.7. The van der Waals surface area contributed by atoms with Gasteiger partial charge in [-0.15, -0.1) is 0 Å². The average Bonchev–Trinajstić information content (AvgIpc) is 2.79. The number of rotatable bonds is 8. The summed E-state index contributed by atoms with van der Waals surface area (Å²) in [6, 6.07) is 15.4. The van der Waals surface area contributed by atoms with Gasteiger partial charge >= 0.3 is 0 Å². The van der Waals surface area contributed by atoms with Gasteiger partial charge in [0.2, 0.25) is 0 Å². The number of methoxy groups -OCH3 is 1. The predicted molar refractivity (Wildman–Crippen MR) is 145 cm³/mol. The molecule has 0 bridgehead atoms. The lowest BCUT2D eigenvalue weighted by Gasteiger charge is -2.11. The number of non-ortho nitro benzene ring substituents is 1. The van der Waals surface area contributed by atoms with Crippen LogP contribution in [-0.2, 0) is 6.61 Å². The molecule has 170 valence electrons. The third kappa shape index (κ3) is 6.86. The van der Waals surface area contributed by atoms with Gasteiger partial charge in [-0.05, 0) is 86.6 Å². The third-order valence-corrected chi connectivity index (χ3v) is 6.47. The molecule has 3 rings (SSSR count). The summed E-state index contributed by atoms with van der Waals surface area (Å²) in [5.74, 6) is 0.358. The van der Waals surface area contributed by atoms with E-state index in [1.165, 1.54) is 25.5 Å². The summed E-state index contributed by atoms with van der Waals surface area (Å²) in [5.41, 5.74) is 3.99. The number of nitrogens with one attached hydrogen (secondary N) is 1. The highest BCUT2D eigenvalue weighted by Gasteiger charge is 2.17. The maximum Gasteiger partial charge on any atom is 0.275 e. The van der Waals surface area contributed by atoms with Crippen LogP contribution < -0.4 is 14.9 Å². The topological polar surface area (TPSA) is 103 Å². The molecular formula is C22H16BrI2N3O5. The fraction of sp³-hybridized carbons (Fsp3) is 0.0909. The Bertz CT molecular complexity index is 1200. The molecule has 0 radical (unpaired) electrons. The van der Waals surface area contributed by atoms with Crippen LogP contribution in [0.4, 0.5) is 5.69 Å². The van der Waals surface area contributed by atoms with Gasteiger partial charge in [-0.1, -0.05) is 28.1 Å². The number of nitrogens with zero attached hydrogens (tertiary/aromatic N) is 2.